The molecule has 0 spiro atoms. The van der Waals surface area contributed by atoms with Crippen LogP contribution in [0, 0.1) is 6.92 Å². The molecule has 0 aliphatic heterocycles. The van der Waals surface area contributed by atoms with Crippen molar-refractivity contribution in [1.29, 1.82) is 0 Å². The average molecular weight is 262 g/mol. The molecule has 106 valence electrons. The van der Waals surface area contributed by atoms with Crippen LogP contribution in [0.3, 0.4) is 0 Å². The molecule has 0 aliphatic rings. The summed E-state index contributed by atoms with van der Waals surface area (Å²) in [7, 11) is 0. The van der Waals surface area contributed by atoms with Gasteiger partial charge in [-0.2, -0.15) is 0 Å². The number of benzene rings is 1. The van der Waals surface area contributed by atoms with Crippen LogP contribution in [0.15, 0.2) is 24.3 Å². The Bertz CT molecular complexity index is 403. The zero-order valence-electron chi connectivity index (χ0n) is 12.5. The Balaban J connectivity index is 2.40. The normalized spacial score (nSPS) is 13.9. The third-order valence-corrected chi connectivity index (χ3v) is 3.35. The first-order valence-corrected chi connectivity index (χ1v) is 7.12. The van der Waals surface area contributed by atoms with E-state index in [-0.39, 0.29) is 18.0 Å². The van der Waals surface area contributed by atoms with Crippen molar-refractivity contribution in [3.63, 3.8) is 0 Å². The van der Waals surface area contributed by atoms with Crippen molar-refractivity contribution in [3.8, 4) is 0 Å². The smallest absolute Gasteiger partial charge is 0.234 e. The second-order valence-electron chi connectivity index (χ2n) is 5.22. The first kappa shape index (κ1) is 15.7. The highest BCUT2D eigenvalue weighted by Gasteiger charge is 2.10. The van der Waals surface area contributed by atoms with Gasteiger partial charge in [0.05, 0.1) is 6.54 Å². The minimum absolute atomic E-state index is 0.0707. The van der Waals surface area contributed by atoms with Crippen molar-refractivity contribution in [2.24, 2.45) is 0 Å². The second kappa shape index (κ2) is 7.95. The number of nitrogens with one attached hydrogen (secondary N) is 2. The molecular weight excluding hydrogens is 236 g/mol. The highest BCUT2D eigenvalue weighted by Crippen LogP contribution is 2.16. The van der Waals surface area contributed by atoms with Gasteiger partial charge in [-0.1, -0.05) is 37.6 Å². The van der Waals surface area contributed by atoms with Crippen molar-refractivity contribution in [2.45, 2.75) is 52.6 Å². The van der Waals surface area contributed by atoms with E-state index >= 15 is 0 Å². The lowest BCUT2D eigenvalue weighted by molar-refractivity contribution is -0.121. The van der Waals surface area contributed by atoms with Gasteiger partial charge in [-0.15, -0.1) is 0 Å². The highest BCUT2D eigenvalue weighted by atomic mass is 16.1. The summed E-state index contributed by atoms with van der Waals surface area (Å²) < 4.78 is 0. The zero-order chi connectivity index (χ0) is 14.3. The Labute approximate surface area is 116 Å². The summed E-state index contributed by atoms with van der Waals surface area (Å²) in [6.45, 7) is 8.72. The summed E-state index contributed by atoms with van der Waals surface area (Å²) in [5, 5.41) is 6.28. The quantitative estimate of drug-likeness (QED) is 0.793. The summed E-state index contributed by atoms with van der Waals surface area (Å²) in [5.41, 5.74) is 2.50. The molecule has 2 N–H and O–H groups in total. The number of aryl methyl sites for hydroxylation is 1. The lowest BCUT2D eigenvalue weighted by Crippen LogP contribution is -2.39. The van der Waals surface area contributed by atoms with Crippen LogP contribution in [-0.4, -0.2) is 18.5 Å². The lowest BCUT2D eigenvalue weighted by atomic mass is 10.0. The number of hydrogen-bond donors (Lipinski definition) is 2. The Morgan fingerprint density at radius 2 is 1.95 bits per heavy atom. The summed E-state index contributed by atoms with van der Waals surface area (Å²) in [6, 6.07) is 8.71. The van der Waals surface area contributed by atoms with Crippen molar-refractivity contribution < 1.29 is 4.79 Å². The molecule has 0 aromatic heterocycles. The summed E-state index contributed by atoms with van der Waals surface area (Å²) in [6.07, 6.45) is 2.12. The molecule has 0 aliphatic carbocycles. The minimum atomic E-state index is 0.0707. The van der Waals surface area contributed by atoms with Crippen LogP contribution < -0.4 is 10.6 Å². The maximum Gasteiger partial charge on any atom is 0.234 e. The molecule has 0 saturated carbocycles. The van der Waals surface area contributed by atoms with E-state index in [4.69, 9.17) is 0 Å². The predicted octanol–water partition coefficient (Wildman–Crippen LogP) is 2.95. The van der Waals surface area contributed by atoms with Gasteiger partial charge in [0.25, 0.3) is 0 Å². The van der Waals surface area contributed by atoms with Crippen molar-refractivity contribution in [2.75, 3.05) is 6.54 Å². The van der Waals surface area contributed by atoms with Crippen LogP contribution in [-0.2, 0) is 4.79 Å². The van der Waals surface area contributed by atoms with Gasteiger partial charge in [0.2, 0.25) is 5.91 Å². The first-order valence-electron chi connectivity index (χ1n) is 7.12. The largest absolute Gasteiger partial charge is 0.353 e. The molecule has 0 radical (unpaired) electrons. The summed E-state index contributed by atoms with van der Waals surface area (Å²) >= 11 is 0. The number of rotatable bonds is 7. The third kappa shape index (κ3) is 5.43. The number of hydrogen-bond acceptors (Lipinski definition) is 2. The zero-order valence-corrected chi connectivity index (χ0v) is 12.5. The second-order valence-corrected chi connectivity index (χ2v) is 5.22. The summed E-state index contributed by atoms with van der Waals surface area (Å²) in [4.78, 5) is 11.8. The van der Waals surface area contributed by atoms with Gasteiger partial charge in [-0.05, 0) is 38.3 Å². The van der Waals surface area contributed by atoms with E-state index in [1.807, 2.05) is 19.1 Å². The number of carbonyl (C=O) groups is 1. The van der Waals surface area contributed by atoms with Crippen LogP contribution in [0.4, 0.5) is 0 Å². The monoisotopic (exact) mass is 262 g/mol. The topological polar surface area (TPSA) is 41.1 Å². The SMILES string of the molecule is CCCC(C)NC(=O)CN[C@H](C)c1ccccc1C. The van der Waals surface area contributed by atoms with Crippen LogP contribution >= 0.6 is 0 Å². The van der Waals surface area contributed by atoms with Gasteiger partial charge in [0.15, 0.2) is 0 Å². The van der Waals surface area contributed by atoms with Crippen molar-refractivity contribution in [3.05, 3.63) is 35.4 Å². The molecule has 19 heavy (non-hydrogen) atoms. The van der Waals surface area contributed by atoms with Gasteiger partial charge in [0.1, 0.15) is 0 Å². The summed E-state index contributed by atoms with van der Waals surface area (Å²) in [5.74, 6) is 0.0707. The van der Waals surface area contributed by atoms with Crippen LogP contribution in [0.2, 0.25) is 0 Å². The predicted molar refractivity (Wildman–Crippen MR) is 80.1 cm³/mol. The lowest BCUT2D eigenvalue weighted by Gasteiger charge is -2.18. The number of carbonyl (C=O) groups excluding carboxylic acids is 1. The van der Waals surface area contributed by atoms with E-state index in [1.54, 1.807) is 0 Å². The van der Waals surface area contributed by atoms with Gasteiger partial charge >= 0.3 is 0 Å². The molecule has 2 atom stereocenters. The molecule has 1 unspecified atom stereocenters. The molecule has 3 heteroatoms. The molecule has 1 rings (SSSR count). The van der Waals surface area contributed by atoms with E-state index in [0.29, 0.717) is 6.54 Å². The fraction of sp³-hybridized carbons (Fsp3) is 0.562. The van der Waals surface area contributed by atoms with Gasteiger partial charge in [-0.25, -0.2) is 0 Å². The third-order valence-electron chi connectivity index (χ3n) is 3.35. The minimum Gasteiger partial charge on any atom is -0.353 e. The van der Waals surface area contributed by atoms with E-state index in [9.17, 15) is 4.79 Å². The maximum atomic E-state index is 11.8. The standard InChI is InChI=1S/C16H26N2O/c1-5-8-13(3)18-16(19)11-17-14(4)15-10-7-6-9-12(15)2/h6-7,9-10,13-14,17H,5,8,11H2,1-4H3,(H,18,19)/t13?,14-/m1/s1. The Hall–Kier alpha value is -1.35. The van der Waals surface area contributed by atoms with Gasteiger partial charge in [0, 0.05) is 12.1 Å². The molecule has 1 aromatic rings. The molecule has 1 aromatic carbocycles. The molecule has 1 amide bonds. The van der Waals surface area contributed by atoms with Crippen LogP contribution in [0.5, 0.6) is 0 Å². The Morgan fingerprint density at radius 1 is 1.26 bits per heavy atom. The van der Waals surface area contributed by atoms with E-state index in [1.165, 1.54) is 11.1 Å². The fourth-order valence-electron chi connectivity index (χ4n) is 2.26. The van der Waals surface area contributed by atoms with Gasteiger partial charge < -0.3 is 10.6 Å². The molecule has 3 nitrogen and oxygen atoms in total. The molecular formula is C16H26N2O. The average Bonchev–Trinajstić information content (AvgIpc) is 2.36. The van der Waals surface area contributed by atoms with E-state index in [2.05, 4.69) is 43.5 Å². The fourth-order valence-corrected chi connectivity index (χ4v) is 2.26. The van der Waals surface area contributed by atoms with Crippen molar-refractivity contribution >= 4 is 5.91 Å². The van der Waals surface area contributed by atoms with E-state index in [0.717, 1.165) is 12.8 Å². The van der Waals surface area contributed by atoms with Crippen LogP contribution in [0.1, 0.15) is 50.8 Å². The number of amides is 1. The first-order chi connectivity index (χ1) is 9.04. The van der Waals surface area contributed by atoms with Crippen molar-refractivity contribution in [1.82, 2.24) is 10.6 Å². The Morgan fingerprint density at radius 3 is 2.58 bits per heavy atom. The maximum absolute atomic E-state index is 11.8. The molecule has 0 saturated heterocycles. The molecule has 0 heterocycles. The van der Waals surface area contributed by atoms with Crippen LogP contribution in [0.25, 0.3) is 0 Å². The van der Waals surface area contributed by atoms with Gasteiger partial charge in [-0.3, -0.25) is 4.79 Å². The van der Waals surface area contributed by atoms with E-state index < -0.39 is 0 Å². The molecule has 0 fully saturated rings. The Kier molecular flexibility index (Phi) is 6.57. The molecule has 0 bridgehead atoms. The highest BCUT2D eigenvalue weighted by molar-refractivity contribution is 5.78.